The molecule has 0 aromatic heterocycles. The fourth-order valence-electron chi connectivity index (χ4n) is 4.13. The van der Waals surface area contributed by atoms with Gasteiger partial charge in [0.25, 0.3) is 5.91 Å². The van der Waals surface area contributed by atoms with E-state index in [2.05, 4.69) is 43.5 Å². The molecule has 1 amide bonds. The molecule has 0 aliphatic carbocycles. The monoisotopic (exact) mass is 401 g/mol. The second-order valence-corrected chi connectivity index (χ2v) is 9.03. The van der Waals surface area contributed by atoms with Crippen molar-refractivity contribution in [1.29, 1.82) is 5.26 Å². The molecule has 6 nitrogen and oxygen atoms in total. The van der Waals surface area contributed by atoms with Crippen LogP contribution in [0.25, 0.3) is 0 Å². The molecule has 4 rings (SSSR count). The van der Waals surface area contributed by atoms with Crippen LogP contribution in [-0.4, -0.2) is 40.8 Å². The lowest BCUT2D eigenvalue weighted by Gasteiger charge is -2.48. The molecule has 0 unspecified atom stereocenters. The van der Waals surface area contributed by atoms with Gasteiger partial charge in [-0.15, -0.1) is 0 Å². The predicted octanol–water partition coefficient (Wildman–Crippen LogP) is 4.27. The number of benzene rings is 2. The number of amidine groups is 1. The van der Waals surface area contributed by atoms with Crippen LogP contribution >= 0.6 is 0 Å². The van der Waals surface area contributed by atoms with Crippen LogP contribution in [-0.2, 0) is 0 Å². The summed E-state index contributed by atoms with van der Waals surface area (Å²) in [6.07, 6.45) is 1.77. The zero-order valence-corrected chi connectivity index (χ0v) is 17.7. The highest BCUT2D eigenvalue weighted by Crippen LogP contribution is 2.37. The van der Waals surface area contributed by atoms with Crippen LogP contribution < -0.4 is 10.6 Å². The van der Waals surface area contributed by atoms with Gasteiger partial charge >= 0.3 is 0 Å². The van der Waals surface area contributed by atoms with E-state index in [9.17, 15) is 4.79 Å². The minimum Gasteiger partial charge on any atom is -0.370 e. The summed E-state index contributed by atoms with van der Waals surface area (Å²) in [5, 5.41) is 16.3. The number of para-hydroxylation sites is 2. The summed E-state index contributed by atoms with van der Waals surface area (Å²) in [4.78, 5) is 20.1. The molecule has 1 saturated heterocycles. The van der Waals surface area contributed by atoms with Crippen molar-refractivity contribution in [3.05, 3.63) is 59.7 Å². The normalized spacial score (nSPS) is 22.1. The average Bonchev–Trinajstić information content (AvgIpc) is 2.73. The molecular weight excluding hydrogens is 374 g/mol. The van der Waals surface area contributed by atoms with Crippen LogP contribution in [0, 0.1) is 11.3 Å². The average molecular weight is 402 g/mol. The molecule has 2 N–H and O–H groups in total. The first-order valence-corrected chi connectivity index (χ1v) is 10.3. The molecule has 1 fully saturated rings. The number of anilines is 2. The van der Waals surface area contributed by atoms with E-state index in [1.54, 1.807) is 24.3 Å². The predicted molar refractivity (Wildman–Crippen MR) is 120 cm³/mol. The number of fused-ring (bicyclic) bond motifs is 1. The molecule has 2 aliphatic rings. The molecule has 2 heterocycles. The van der Waals surface area contributed by atoms with Gasteiger partial charge in [0, 0.05) is 12.1 Å². The summed E-state index contributed by atoms with van der Waals surface area (Å²) in [6, 6.07) is 17.0. The van der Waals surface area contributed by atoms with Crippen LogP contribution in [0.4, 0.5) is 11.4 Å². The zero-order chi connectivity index (χ0) is 21.4. The van der Waals surface area contributed by atoms with E-state index in [1.165, 1.54) is 0 Å². The number of nitriles is 1. The van der Waals surface area contributed by atoms with E-state index >= 15 is 0 Å². The molecule has 6 heteroatoms. The van der Waals surface area contributed by atoms with Gasteiger partial charge in [0.05, 0.1) is 35.1 Å². The standard InChI is InChI=1S/C24H27N5O/c1-23(2,3)28-22-24(27-20-8-5-4-7-19(20)26-22)13-6-14-29(16-24)21(30)18-11-9-17(15-25)10-12-18/h4-5,7-12,27H,6,13-14,16H2,1-3H3,(H,26,28)/t24-/m0/s1. The SMILES string of the molecule is CC(C)(C)N=C1Nc2ccccc2N[C@]12CCCN(C(=O)c1ccc(C#N)cc1)C2. The molecular formula is C24H27N5O. The van der Waals surface area contributed by atoms with Gasteiger partial charge in [0.2, 0.25) is 0 Å². The maximum absolute atomic E-state index is 13.2. The summed E-state index contributed by atoms with van der Waals surface area (Å²) in [6.45, 7) is 7.48. The van der Waals surface area contributed by atoms with E-state index < -0.39 is 5.54 Å². The minimum atomic E-state index is -0.456. The van der Waals surface area contributed by atoms with Crippen molar-refractivity contribution in [3.8, 4) is 6.07 Å². The molecule has 2 aliphatic heterocycles. The first kappa shape index (κ1) is 20.0. The van der Waals surface area contributed by atoms with E-state index in [1.807, 2.05) is 23.1 Å². The first-order valence-electron chi connectivity index (χ1n) is 10.3. The van der Waals surface area contributed by atoms with Crippen LogP contribution in [0.2, 0.25) is 0 Å². The Balaban J connectivity index is 1.67. The summed E-state index contributed by atoms with van der Waals surface area (Å²) in [5.74, 6) is 0.861. The first-order chi connectivity index (χ1) is 14.3. The van der Waals surface area contributed by atoms with Crippen molar-refractivity contribution >= 4 is 23.1 Å². The van der Waals surface area contributed by atoms with E-state index in [-0.39, 0.29) is 11.4 Å². The van der Waals surface area contributed by atoms with Gasteiger partial charge in [0.1, 0.15) is 11.4 Å². The third kappa shape index (κ3) is 3.88. The van der Waals surface area contributed by atoms with Crippen LogP contribution in [0.3, 0.4) is 0 Å². The number of hydrogen-bond donors (Lipinski definition) is 2. The van der Waals surface area contributed by atoms with Crippen molar-refractivity contribution in [2.24, 2.45) is 4.99 Å². The summed E-state index contributed by atoms with van der Waals surface area (Å²) in [5.41, 5.74) is 2.48. The molecule has 2 aromatic carbocycles. The second kappa shape index (κ2) is 7.49. The van der Waals surface area contributed by atoms with E-state index in [0.717, 1.165) is 30.1 Å². The number of aliphatic imine (C=N–C) groups is 1. The number of hydrogen-bond acceptors (Lipinski definition) is 4. The molecule has 2 aromatic rings. The zero-order valence-electron chi connectivity index (χ0n) is 17.7. The lowest BCUT2D eigenvalue weighted by Crippen LogP contribution is -2.63. The highest BCUT2D eigenvalue weighted by molar-refractivity contribution is 6.10. The lowest BCUT2D eigenvalue weighted by molar-refractivity contribution is 0.0694. The Morgan fingerprint density at radius 1 is 1.13 bits per heavy atom. The van der Waals surface area contributed by atoms with Gasteiger partial charge in [-0.2, -0.15) is 5.26 Å². The van der Waals surface area contributed by atoms with Gasteiger partial charge < -0.3 is 15.5 Å². The molecule has 1 spiro atoms. The van der Waals surface area contributed by atoms with Gasteiger partial charge in [-0.05, 0) is 70.0 Å². The second-order valence-electron chi connectivity index (χ2n) is 9.03. The van der Waals surface area contributed by atoms with E-state index in [4.69, 9.17) is 10.3 Å². The highest BCUT2D eigenvalue weighted by Gasteiger charge is 2.45. The molecule has 0 bridgehead atoms. The van der Waals surface area contributed by atoms with Crippen LogP contribution in [0.1, 0.15) is 49.5 Å². The minimum absolute atomic E-state index is 0.0191. The molecule has 1 atom stereocenters. The van der Waals surface area contributed by atoms with Crippen molar-refractivity contribution in [2.45, 2.75) is 44.7 Å². The molecule has 154 valence electrons. The number of carbonyl (C=O) groups excluding carboxylic acids is 1. The number of amides is 1. The quantitative estimate of drug-likeness (QED) is 0.748. The maximum atomic E-state index is 13.2. The number of carbonyl (C=O) groups is 1. The largest absolute Gasteiger partial charge is 0.370 e. The summed E-state index contributed by atoms with van der Waals surface area (Å²) < 4.78 is 0. The Labute approximate surface area is 177 Å². The summed E-state index contributed by atoms with van der Waals surface area (Å²) in [7, 11) is 0. The fraction of sp³-hybridized carbons (Fsp3) is 0.375. The van der Waals surface area contributed by atoms with Gasteiger partial charge in [-0.25, -0.2) is 0 Å². The summed E-state index contributed by atoms with van der Waals surface area (Å²) >= 11 is 0. The number of rotatable bonds is 1. The Kier molecular flexibility index (Phi) is 4.98. The highest BCUT2D eigenvalue weighted by atomic mass is 16.2. The van der Waals surface area contributed by atoms with Crippen molar-refractivity contribution in [2.75, 3.05) is 23.7 Å². The molecule has 0 saturated carbocycles. The number of likely N-dealkylation sites (tertiary alicyclic amines) is 1. The molecule has 30 heavy (non-hydrogen) atoms. The number of piperidine rings is 1. The lowest BCUT2D eigenvalue weighted by atomic mass is 9.84. The third-order valence-corrected chi connectivity index (χ3v) is 5.50. The van der Waals surface area contributed by atoms with Gasteiger partial charge in [-0.3, -0.25) is 9.79 Å². The Morgan fingerprint density at radius 2 is 1.83 bits per heavy atom. The van der Waals surface area contributed by atoms with Crippen molar-refractivity contribution in [3.63, 3.8) is 0 Å². The Bertz CT molecular complexity index is 1030. The maximum Gasteiger partial charge on any atom is 0.253 e. The van der Waals surface area contributed by atoms with Crippen LogP contribution in [0.5, 0.6) is 0 Å². The smallest absolute Gasteiger partial charge is 0.253 e. The Hall–Kier alpha value is -3.33. The van der Waals surface area contributed by atoms with Gasteiger partial charge in [-0.1, -0.05) is 12.1 Å². The van der Waals surface area contributed by atoms with E-state index in [0.29, 0.717) is 24.2 Å². The third-order valence-electron chi connectivity index (χ3n) is 5.50. The van der Waals surface area contributed by atoms with Crippen molar-refractivity contribution in [1.82, 2.24) is 4.90 Å². The fourth-order valence-corrected chi connectivity index (χ4v) is 4.13. The van der Waals surface area contributed by atoms with Gasteiger partial charge in [0.15, 0.2) is 0 Å². The molecule has 0 radical (unpaired) electrons. The number of nitrogens with zero attached hydrogens (tertiary/aromatic N) is 3. The van der Waals surface area contributed by atoms with Crippen LogP contribution in [0.15, 0.2) is 53.5 Å². The Morgan fingerprint density at radius 3 is 2.50 bits per heavy atom. The topological polar surface area (TPSA) is 80.5 Å². The number of nitrogens with one attached hydrogen (secondary N) is 2. The van der Waals surface area contributed by atoms with Crippen molar-refractivity contribution < 1.29 is 4.79 Å².